The van der Waals surface area contributed by atoms with Gasteiger partial charge in [0.1, 0.15) is 0 Å². The molecule has 0 saturated heterocycles. The number of anilines is 2. The van der Waals surface area contributed by atoms with E-state index >= 15 is 0 Å². The van der Waals surface area contributed by atoms with E-state index in [0.29, 0.717) is 5.88 Å². The molecule has 0 spiro atoms. The molecule has 0 atom stereocenters. The van der Waals surface area contributed by atoms with Gasteiger partial charge in [-0.3, -0.25) is 10.1 Å². The molecule has 0 aliphatic carbocycles. The molecule has 0 radical (unpaired) electrons. The number of rotatable bonds is 7. The number of thioether (sulfide) groups is 1. The van der Waals surface area contributed by atoms with Gasteiger partial charge in [-0.25, -0.2) is 0 Å². The van der Waals surface area contributed by atoms with Crippen molar-refractivity contribution in [1.82, 2.24) is 15.4 Å². The third-order valence-electron chi connectivity index (χ3n) is 2.80. The van der Waals surface area contributed by atoms with Crippen molar-refractivity contribution in [2.75, 3.05) is 22.9 Å². The van der Waals surface area contributed by atoms with Crippen LogP contribution in [0.2, 0.25) is 0 Å². The molecule has 7 nitrogen and oxygen atoms in total. The Morgan fingerprint density at radius 2 is 2.17 bits per heavy atom. The number of hydrogen-bond acceptors (Lipinski definition) is 8. The summed E-state index contributed by atoms with van der Waals surface area (Å²) < 4.78 is 5.89. The van der Waals surface area contributed by atoms with Gasteiger partial charge < -0.3 is 9.84 Å². The number of hydrogen-bond donors (Lipinski definition) is 2. The minimum atomic E-state index is -0.162. The fourth-order valence-corrected chi connectivity index (χ4v) is 3.14. The second-order valence-corrected chi connectivity index (χ2v) is 8.16. The second kappa shape index (κ2) is 7.78. The van der Waals surface area contributed by atoms with Crippen molar-refractivity contribution in [3.8, 4) is 0 Å². The first-order chi connectivity index (χ1) is 10.9. The van der Waals surface area contributed by atoms with Gasteiger partial charge in [0.05, 0.1) is 11.4 Å². The van der Waals surface area contributed by atoms with Crippen molar-refractivity contribution in [2.45, 2.75) is 43.9 Å². The van der Waals surface area contributed by atoms with E-state index in [2.05, 4.69) is 32.9 Å². The summed E-state index contributed by atoms with van der Waals surface area (Å²) in [7, 11) is 0. The Morgan fingerprint density at radius 1 is 1.39 bits per heavy atom. The van der Waals surface area contributed by atoms with Gasteiger partial charge in [0, 0.05) is 18.0 Å². The van der Waals surface area contributed by atoms with Crippen LogP contribution in [0.4, 0.5) is 11.0 Å². The SMILES string of the molecule is CCCNc1nnc(SCC(=O)Nc2cc(C(C)(C)C)no2)s1. The van der Waals surface area contributed by atoms with E-state index < -0.39 is 0 Å². The molecule has 2 aromatic heterocycles. The molecule has 2 rings (SSSR count). The van der Waals surface area contributed by atoms with Crippen LogP contribution in [0.1, 0.15) is 39.8 Å². The average Bonchev–Trinajstić information content (AvgIpc) is 3.11. The number of nitrogens with zero attached hydrogens (tertiary/aromatic N) is 3. The van der Waals surface area contributed by atoms with E-state index in [1.807, 2.05) is 20.8 Å². The molecule has 2 heterocycles. The Labute approximate surface area is 143 Å². The van der Waals surface area contributed by atoms with Gasteiger partial charge in [-0.2, -0.15) is 0 Å². The highest BCUT2D eigenvalue weighted by atomic mass is 32.2. The van der Waals surface area contributed by atoms with E-state index in [1.165, 1.54) is 23.1 Å². The molecule has 0 aromatic carbocycles. The van der Waals surface area contributed by atoms with Crippen LogP contribution in [-0.2, 0) is 10.2 Å². The number of carbonyl (C=O) groups is 1. The summed E-state index contributed by atoms with van der Waals surface area (Å²) >= 11 is 2.79. The Hall–Kier alpha value is -1.61. The van der Waals surface area contributed by atoms with Gasteiger partial charge in [-0.1, -0.05) is 56.0 Å². The van der Waals surface area contributed by atoms with Crippen molar-refractivity contribution >= 4 is 40.0 Å². The zero-order valence-corrected chi connectivity index (χ0v) is 15.3. The molecular weight excluding hydrogens is 334 g/mol. The smallest absolute Gasteiger partial charge is 0.237 e. The van der Waals surface area contributed by atoms with Crippen molar-refractivity contribution in [2.24, 2.45) is 0 Å². The number of amides is 1. The highest BCUT2D eigenvalue weighted by molar-refractivity contribution is 8.01. The number of aromatic nitrogens is 3. The number of carbonyl (C=O) groups excluding carboxylic acids is 1. The van der Waals surface area contributed by atoms with E-state index in [0.717, 1.165) is 28.1 Å². The van der Waals surface area contributed by atoms with Gasteiger partial charge in [0.2, 0.25) is 16.9 Å². The number of nitrogens with one attached hydrogen (secondary N) is 2. The predicted molar refractivity (Wildman–Crippen MR) is 93.2 cm³/mol. The summed E-state index contributed by atoms with van der Waals surface area (Å²) in [5, 5.41) is 18.7. The van der Waals surface area contributed by atoms with Crippen LogP contribution in [0.5, 0.6) is 0 Å². The summed E-state index contributed by atoms with van der Waals surface area (Å²) in [5.74, 6) is 0.446. The maximum atomic E-state index is 11.9. The maximum absolute atomic E-state index is 11.9. The van der Waals surface area contributed by atoms with Crippen molar-refractivity contribution in [1.29, 1.82) is 0 Å². The lowest BCUT2D eigenvalue weighted by Crippen LogP contribution is -2.14. The molecule has 0 unspecified atom stereocenters. The fourth-order valence-electron chi connectivity index (χ4n) is 1.56. The Bertz CT molecular complexity index is 648. The second-order valence-electron chi connectivity index (χ2n) is 5.96. The summed E-state index contributed by atoms with van der Waals surface area (Å²) in [5.41, 5.74) is 0.687. The molecule has 23 heavy (non-hydrogen) atoms. The molecule has 126 valence electrons. The van der Waals surface area contributed by atoms with E-state index in [-0.39, 0.29) is 17.1 Å². The molecule has 9 heteroatoms. The van der Waals surface area contributed by atoms with Crippen LogP contribution in [0.15, 0.2) is 14.9 Å². The Balaban J connectivity index is 1.81. The Morgan fingerprint density at radius 3 is 2.83 bits per heavy atom. The molecule has 2 N–H and O–H groups in total. The summed E-state index contributed by atoms with van der Waals surface area (Å²) in [6.07, 6.45) is 1.03. The van der Waals surface area contributed by atoms with E-state index in [1.54, 1.807) is 6.07 Å². The lowest BCUT2D eigenvalue weighted by molar-refractivity contribution is -0.113. The van der Waals surface area contributed by atoms with E-state index in [4.69, 9.17) is 4.52 Å². The summed E-state index contributed by atoms with van der Waals surface area (Å²) in [6.45, 7) is 9.05. The van der Waals surface area contributed by atoms with E-state index in [9.17, 15) is 4.79 Å². The minimum absolute atomic E-state index is 0.115. The normalized spacial score (nSPS) is 11.5. The van der Waals surface area contributed by atoms with Gasteiger partial charge in [-0.15, -0.1) is 10.2 Å². The minimum Gasteiger partial charge on any atom is -0.360 e. The third kappa shape index (κ3) is 5.51. The first kappa shape index (κ1) is 17.7. The zero-order valence-electron chi connectivity index (χ0n) is 13.7. The van der Waals surface area contributed by atoms with Gasteiger partial charge in [0.15, 0.2) is 4.34 Å². The highest BCUT2D eigenvalue weighted by Gasteiger charge is 2.19. The maximum Gasteiger partial charge on any atom is 0.237 e. The van der Waals surface area contributed by atoms with Crippen LogP contribution < -0.4 is 10.6 Å². The molecular formula is C14H21N5O2S2. The lowest BCUT2D eigenvalue weighted by atomic mass is 9.92. The summed E-state index contributed by atoms with van der Waals surface area (Å²) in [6, 6.07) is 1.75. The zero-order chi connectivity index (χ0) is 16.9. The molecule has 0 fully saturated rings. The van der Waals surface area contributed by atoms with Crippen LogP contribution in [-0.4, -0.2) is 33.6 Å². The topological polar surface area (TPSA) is 92.9 Å². The van der Waals surface area contributed by atoms with Crippen LogP contribution in [0.3, 0.4) is 0 Å². The van der Waals surface area contributed by atoms with Crippen LogP contribution >= 0.6 is 23.1 Å². The highest BCUT2D eigenvalue weighted by Crippen LogP contribution is 2.26. The lowest BCUT2D eigenvalue weighted by Gasteiger charge is -2.12. The monoisotopic (exact) mass is 355 g/mol. The quantitative estimate of drug-likeness (QED) is 0.735. The molecule has 2 aromatic rings. The Kier molecular flexibility index (Phi) is 6.00. The van der Waals surface area contributed by atoms with Crippen molar-refractivity contribution in [3.05, 3.63) is 11.8 Å². The van der Waals surface area contributed by atoms with Gasteiger partial charge in [0.25, 0.3) is 0 Å². The fraction of sp³-hybridized carbons (Fsp3) is 0.571. The average molecular weight is 355 g/mol. The largest absolute Gasteiger partial charge is 0.360 e. The third-order valence-corrected chi connectivity index (χ3v) is 4.81. The predicted octanol–water partition coefficient (Wildman–Crippen LogP) is 3.38. The molecule has 0 saturated carbocycles. The molecule has 0 bridgehead atoms. The summed E-state index contributed by atoms with van der Waals surface area (Å²) in [4.78, 5) is 11.9. The first-order valence-electron chi connectivity index (χ1n) is 7.35. The van der Waals surface area contributed by atoms with Crippen molar-refractivity contribution in [3.63, 3.8) is 0 Å². The van der Waals surface area contributed by atoms with Crippen molar-refractivity contribution < 1.29 is 9.32 Å². The van der Waals surface area contributed by atoms with Crippen LogP contribution in [0.25, 0.3) is 0 Å². The van der Waals surface area contributed by atoms with Crippen LogP contribution in [0, 0.1) is 0 Å². The standard InChI is InChI=1S/C14H21N5O2S2/c1-5-6-15-12-17-18-13(23-12)22-8-10(20)16-11-7-9(19-21-11)14(2,3)4/h7H,5-6,8H2,1-4H3,(H,15,17)(H,16,20). The molecule has 0 aliphatic rings. The van der Waals surface area contributed by atoms with Gasteiger partial charge in [-0.05, 0) is 6.42 Å². The molecule has 1 amide bonds. The first-order valence-corrected chi connectivity index (χ1v) is 9.16. The van der Waals surface area contributed by atoms with Gasteiger partial charge >= 0.3 is 0 Å². The molecule has 0 aliphatic heterocycles.